The summed E-state index contributed by atoms with van der Waals surface area (Å²) in [7, 11) is 0. The van der Waals surface area contributed by atoms with E-state index in [9.17, 15) is 0 Å². The molecule has 0 atom stereocenters. The van der Waals surface area contributed by atoms with Crippen LogP contribution in [0.5, 0.6) is 11.5 Å². The number of thiocarbonyl (C=S) groups is 1. The van der Waals surface area contributed by atoms with Crippen molar-refractivity contribution in [2.24, 2.45) is 0 Å². The maximum atomic E-state index is 5.89. The molecule has 0 radical (unpaired) electrons. The molecule has 0 aliphatic heterocycles. The maximum Gasteiger partial charge on any atom is 0.171 e. The molecule has 1 aromatic heterocycles. The molecule has 0 amide bonds. The van der Waals surface area contributed by atoms with Crippen molar-refractivity contribution in [2.75, 3.05) is 5.32 Å². The molecule has 5 heteroatoms. The summed E-state index contributed by atoms with van der Waals surface area (Å²) >= 11 is 5.31. The average Bonchev–Trinajstić information content (AvgIpc) is 3.09. The molecule has 0 saturated carbocycles. The Kier molecular flexibility index (Phi) is 4.91. The van der Waals surface area contributed by atoms with E-state index in [-0.39, 0.29) is 0 Å². The Balaban J connectivity index is 1.64. The third-order valence-electron chi connectivity index (χ3n) is 3.11. The molecule has 3 rings (SSSR count). The highest BCUT2D eigenvalue weighted by Gasteiger charge is 2.06. The number of anilines is 1. The summed E-state index contributed by atoms with van der Waals surface area (Å²) in [6, 6.07) is 21.0. The van der Waals surface area contributed by atoms with Gasteiger partial charge in [-0.2, -0.15) is 0 Å². The van der Waals surface area contributed by atoms with Gasteiger partial charge in [-0.1, -0.05) is 30.3 Å². The van der Waals surface area contributed by atoms with Crippen LogP contribution in [0.1, 0.15) is 5.76 Å². The molecule has 3 aromatic rings. The second-order valence-corrected chi connectivity index (χ2v) is 5.21. The van der Waals surface area contributed by atoms with Gasteiger partial charge >= 0.3 is 0 Å². The Morgan fingerprint density at radius 2 is 1.74 bits per heavy atom. The van der Waals surface area contributed by atoms with E-state index >= 15 is 0 Å². The SMILES string of the molecule is S=C(NCc1ccco1)Nc1ccccc1Oc1ccccc1. The Morgan fingerprint density at radius 3 is 2.52 bits per heavy atom. The summed E-state index contributed by atoms with van der Waals surface area (Å²) in [4.78, 5) is 0. The lowest BCUT2D eigenvalue weighted by molar-refractivity contribution is 0.485. The molecule has 23 heavy (non-hydrogen) atoms. The van der Waals surface area contributed by atoms with E-state index in [0.29, 0.717) is 17.4 Å². The molecule has 0 spiro atoms. The minimum absolute atomic E-state index is 0.505. The van der Waals surface area contributed by atoms with Crippen LogP contribution in [0, 0.1) is 0 Å². The van der Waals surface area contributed by atoms with E-state index in [2.05, 4.69) is 10.6 Å². The summed E-state index contributed by atoms with van der Waals surface area (Å²) < 4.78 is 11.2. The summed E-state index contributed by atoms with van der Waals surface area (Å²) in [5.74, 6) is 2.31. The average molecular weight is 324 g/mol. The number of para-hydroxylation sites is 3. The van der Waals surface area contributed by atoms with E-state index in [0.717, 1.165) is 17.2 Å². The van der Waals surface area contributed by atoms with Gasteiger partial charge in [0, 0.05) is 0 Å². The first kappa shape index (κ1) is 15.1. The second kappa shape index (κ2) is 7.47. The fourth-order valence-corrected chi connectivity index (χ4v) is 2.20. The molecule has 116 valence electrons. The van der Waals surface area contributed by atoms with Crippen LogP contribution in [0.15, 0.2) is 77.4 Å². The van der Waals surface area contributed by atoms with Crippen molar-refractivity contribution >= 4 is 23.0 Å². The fourth-order valence-electron chi connectivity index (χ4n) is 2.02. The van der Waals surface area contributed by atoms with Crippen molar-refractivity contribution in [3.63, 3.8) is 0 Å². The monoisotopic (exact) mass is 324 g/mol. The van der Waals surface area contributed by atoms with Crippen molar-refractivity contribution in [2.45, 2.75) is 6.54 Å². The van der Waals surface area contributed by atoms with Gasteiger partial charge in [0.25, 0.3) is 0 Å². The van der Waals surface area contributed by atoms with E-state index in [1.54, 1.807) is 6.26 Å². The Morgan fingerprint density at radius 1 is 0.957 bits per heavy atom. The number of nitrogens with one attached hydrogen (secondary N) is 2. The molecule has 0 aliphatic carbocycles. The molecule has 0 unspecified atom stereocenters. The van der Waals surface area contributed by atoms with Gasteiger partial charge in [-0.3, -0.25) is 0 Å². The van der Waals surface area contributed by atoms with Gasteiger partial charge in [-0.25, -0.2) is 0 Å². The molecular weight excluding hydrogens is 308 g/mol. The van der Waals surface area contributed by atoms with Gasteiger partial charge in [-0.05, 0) is 48.6 Å². The van der Waals surface area contributed by atoms with Crippen LogP contribution in [0.3, 0.4) is 0 Å². The van der Waals surface area contributed by atoms with Crippen molar-refractivity contribution in [3.05, 3.63) is 78.8 Å². The number of hydrogen-bond donors (Lipinski definition) is 2. The molecule has 4 nitrogen and oxygen atoms in total. The standard InChI is InChI=1S/C18H16N2O2S/c23-18(19-13-15-9-6-12-21-15)20-16-10-4-5-11-17(16)22-14-7-2-1-3-8-14/h1-12H,13H2,(H2,19,20,23). The van der Waals surface area contributed by atoms with Crippen LogP contribution in [-0.4, -0.2) is 5.11 Å². The van der Waals surface area contributed by atoms with Crippen LogP contribution >= 0.6 is 12.2 Å². The van der Waals surface area contributed by atoms with Gasteiger partial charge in [0.15, 0.2) is 10.9 Å². The predicted molar refractivity (Wildman–Crippen MR) is 94.7 cm³/mol. The summed E-state index contributed by atoms with van der Waals surface area (Å²) in [5, 5.41) is 6.75. The van der Waals surface area contributed by atoms with Gasteiger partial charge in [0.1, 0.15) is 11.5 Å². The van der Waals surface area contributed by atoms with Crippen LogP contribution in [-0.2, 0) is 6.54 Å². The fraction of sp³-hybridized carbons (Fsp3) is 0.0556. The number of rotatable bonds is 5. The van der Waals surface area contributed by atoms with Crippen molar-refractivity contribution in [3.8, 4) is 11.5 Å². The third kappa shape index (κ3) is 4.34. The quantitative estimate of drug-likeness (QED) is 0.674. The summed E-state index contributed by atoms with van der Waals surface area (Å²) in [5.41, 5.74) is 0.799. The normalized spacial score (nSPS) is 10.1. The van der Waals surface area contributed by atoms with Crippen LogP contribution in [0.25, 0.3) is 0 Å². The Labute approximate surface area is 140 Å². The zero-order valence-electron chi connectivity index (χ0n) is 12.4. The first-order valence-corrected chi connectivity index (χ1v) is 7.61. The molecule has 2 aromatic carbocycles. The van der Waals surface area contributed by atoms with E-state index in [1.807, 2.05) is 66.7 Å². The third-order valence-corrected chi connectivity index (χ3v) is 3.36. The first-order chi connectivity index (χ1) is 11.3. The summed E-state index contributed by atoms with van der Waals surface area (Å²) in [6.45, 7) is 0.528. The molecule has 0 fully saturated rings. The van der Waals surface area contributed by atoms with E-state index in [1.165, 1.54) is 0 Å². The smallest absolute Gasteiger partial charge is 0.171 e. The molecular formula is C18H16N2O2S. The highest BCUT2D eigenvalue weighted by atomic mass is 32.1. The number of furan rings is 1. The molecule has 0 bridgehead atoms. The van der Waals surface area contributed by atoms with Crippen molar-refractivity contribution in [1.29, 1.82) is 0 Å². The lowest BCUT2D eigenvalue weighted by atomic mass is 10.3. The molecule has 0 aliphatic rings. The van der Waals surface area contributed by atoms with E-state index < -0.39 is 0 Å². The van der Waals surface area contributed by atoms with Crippen molar-refractivity contribution in [1.82, 2.24) is 5.32 Å². The van der Waals surface area contributed by atoms with Crippen LogP contribution in [0.4, 0.5) is 5.69 Å². The zero-order valence-corrected chi connectivity index (χ0v) is 13.2. The minimum atomic E-state index is 0.505. The summed E-state index contributed by atoms with van der Waals surface area (Å²) in [6.07, 6.45) is 1.64. The van der Waals surface area contributed by atoms with Gasteiger partial charge in [-0.15, -0.1) is 0 Å². The number of ether oxygens (including phenoxy) is 1. The lowest BCUT2D eigenvalue weighted by Gasteiger charge is -2.14. The van der Waals surface area contributed by atoms with Gasteiger partial charge in [0.2, 0.25) is 0 Å². The maximum absolute atomic E-state index is 5.89. The van der Waals surface area contributed by atoms with Crippen LogP contribution < -0.4 is 15.4 Å². The minimum Gasteiger partial charge on any atom is -0.467 e. The first-order valence-electron chi connectivity index (χ1n) is 7.20. The number of benzene rings is 2. The van der Waals surface area contributed by atoms with E-state index in [4.69, 9.17) is 21.4 Å². The lowest BCUT2D eigenvalue weighted by Crippen LogP contribution is -2.27. The van der Waals surface area contributed by atoms with Crippen molar-refractivity contribution < 1.29 is 9.15 Å². The molecule has 0 saturated heterocycles. The molecule has 2 N–H and O–H groups in total. The Bertz CT molecular complexity index is 758. The van der Waals surface area contributed by atoms with Gasteiger partial charge in [0.05, 0.1) is 18.5 Å². The largest absolute Gasteiger partial charge is 0.467 e. The van der Waals surface area contributed by atoms with Gasteiger partial charge < -0.3 is 19.8 Å². The second-order valence-electron chi connectivity index (χ2n) is 4.80. The highest BCUT2D eigenvalue weighted by Crippen LogP contribution is 2.28. The topological polar surface area (TPSA) is 46.4 Å². The Hall–Kier alpha value is -2.79. The highest BCUT2D eigenvalue weighted by molar-refractivity contribution is 7.80. The molecule has 1 heterocycles. The van der Waals surface area contributed by atoms with Crippen LogP contribution in [0.2, 0.25) is 0 Å². The predicted octanol–water partition coefficient (Wildman–Crippen LogP) is 4.56. The number of hydrogen-bond acceptors (Lipinski definition) is 3. The zero-order chi connectivity index (χ0) is 15.9.